The van der Waals surface area contributed by atoms with Crippen LogP contribution in [0, 0.1) is 107 Å². The Labute approximate surface area is 892 Å². The van der Waals surface area contributed by atoms with Crippen LogP contribution in [0.4, 0.5) is 5.69 Å². The van der Waals surface area contributed by atoms with Crippen molar-refractivity contribution in [2.75, 3.05) is 39.5 Å². The van der Waals surface area contributed by atoms with Gasteiger partial charge in [-0.2, -0.15) is 6.54 Å². The first kappa shape index (κ1) is 136. The molecular weight excluding hydrogens is 2000 g/mol. The van der Waals surface area contributed by atoms with Crippen LogP contribution in [0.2, 0.25) is 55.9 Å². The van der Waals surface area contributed by atoms with Crippen molar-refractivity contribution in [3.05, 3.63) is 226 Å². The maximum absolute atomic E-state index is 5.86. The van der Waals surface area contributed by atoms with Gasteiger partial charge in [0, 0.05) is 26.4 Å². The number of nitrogens with zero attached hydrogens (tertiary/aromatic N) is 4. The van der Waals surface area contributed by atoms with E-state index in [9.17, 15) is 0 Å². The van der Waals surface area contributed by atoms with E-state index < -0.39 is 92.8 Å². The first-order chi connectivity index (χ1) is 60.8. The van der Waals surface area contributed by atoms with Gasteiger partial charge in [-0.25, -0.2) is 0 Å². The molecule has 0 spiro atoms. The summed E-state index contributed by atoms with van der Waals surface area (Å²) < 4.78 is 23.4. The van der Waals surface area contributed by atoms with Crippen LogP contribution in [0.15, 0.2) is 171 Å². The Morgan fingerprint density at radius 1 is 0.346 bits per heavy atom. The van der Waals surface area contributed by atoms with Crippen molar-refractivity contribution >= 4 is 105 Å². The van der Waals surface area contributed by atoms with Crippen LogP contribution in [0.25, 0.3) is 20.3 Å². The van der Waals surface area contributed by atoms with E-state index >= 15 is 0 Å². The van der Waals surface area contributed by atoms with Gasteiger partial charge in [-0.3, -0.25) is 0 Å². The Morgan fingerprint density at radius 3 is 0.962 bits per heavy atom. The molecule has 8 aliphatic carbocycles. The summed E-state index contributed by atoms with van der Waals surface area (Å²) in [5, 5.41) is 5.23. The molecule has 0 aromatic heterocycles. The van der Waals surface area contributed by atoms with Gasteiger partial charge < -0.3 is 68.9 Å². The van der Waals surface area contributed by atoms with Gasteiger partial charge in [0.05, 0.1) is 22.4 Å². The Morgan fingerprint density at radius 2 is 0.624 bits per heavy atom. The summed E-state index contributed by atoms with van der Waals surface area (Å²) in [5.74, 6) is 9.56. The number of benzene rings is 2. The van der Waals surface area contributed by atoms with E-state index in [4.69, 9.17) is 114 Å². The minimum absolute atomic E-state index is 0. The molecule has 0 N–H and O–H groups in total. The average Bonchev–Trinajstić information content (AvgIpc) is 1.64. The molecule has 16 atom stereocenters. The molecular formula is C110H188Cl8N4O4Si3Ti4-8. The number of hydrogen-bond donors (Lipinski definition) is 0. The SMILES string of the molecule is C=CCC[N-][Si](C)(C)C1CC(CCCCCCOC(C)(C)C)C2C=CC=CC21.CC(C)(C)OCCCCCCC1CC([Si](C)(C)[N-]c2ccccc2)C2C=CC=CC12.CC(C)(C)OCCCCCC[N-][Si](C)(C)C1CC(Cc2ccccc2)C2C=CC=CC21.CC(C)(C)[N-]C(C)(C)C1CC(CCCCCCOC(C)(C)C)C2C=CC=CC21.[CH3-].[CH3-].[CH3-].[CH3-].[Cl][Ti][Cl].[Cl][Ti][Cl].[Cl][Ti][Cl].[Cl][Ti][Cl]. The maximum atomic E-state index is 5.86. The zero-order valence-electron chi connectivity index (χ0n) is 88.4. The molecule has 0 saturated heterocycles. The molecule has 0 heterocycles. The topological polar surface area (TPSA) is 93.3 Å². The van der Waals surface area contributed by atoms with Crippen LogP contribution in [0.5, 0.6) is 0 Å². The second-order valence-electron chi connectivity index (χ2n) is 44.1. The molecule has 16 unspecified atom stereocenters. The summed E-state index contributed by atoms with van der Waals surface area (Å²) in [4.78, 5) is 15.9. The third-order valence-electron chi connectivity index (χ3n) is 26.9. The molecule has 23 heteroatoms. The zero-order valence-corrected chi connectivity index (χ0v) is 104. The number of allylic oxidation sites excluding steroid dienone is 16. The Hall–Kier alpha value is 1.45. The number of halogens is 8. The summed E-state index contributed by atoms with van der Waals surface area (Å²) in [6, 6.07) is 21.7. The number of fused-ring (bicyclic) bond motifs is 4. The summed E-state index contributed by atoms with van der Waals surface area (Å²) in [6.07, 6.45) is 72.4. The van der Waals surface area contributed by atoms with E-state index in [1.807, 2.05) is 6.08 Å². The third-order valence-corrected chi connectivity index (χ3v) is 37.1. The van der Waals surface area contributed by atoms with Crippen molar-refractivity contribution in [2.45, 2.75) is 368 Å². The molecule has 4 fully saturated rings. The number of unbranched alkanes of at least 4 members (excludes halogenated alkanes) is 12. The fraction of sp³-hybridized carbons (Fsp3) is 0.691. The van der Waals surface area contributed by atoms with E-state index in [1.165, 1.54) is 165 Å². The Bertz CT molecular complexity index is 3500. The average molecular weight is 2190 g/mol. The quantitative estimate of drug-likeness (QED) is 0.0286. The molecule has 0 aliphatic heterocycles. The molecule has 2 aromatic rings. The van der Waals surface area contributed by atoms with Crippen molar-refractivity contribution in [2.24, 2.45) is 76.9 Å². The van der Waals surface area contributed by atoms with Crippen LogP contribution in [0.3, 0.4) is 0 Å². The summed E-state index contributed by atoms with van der Waals surface area (Å²) in [5.41, 5.74) is 5.03. The standard InChI is InChI=1S/C28H44NOSi.C27H42NOSi.C26H46NO.C25H44NOSi.4CH3.8ClH.4Ti/c1-28(2,3)30-20-14-7-6-13-19-29-31(4,5)27-22-24(21-23-15-9-8-10-16-23)25-17-11-12-18-26(25)27;1-27(2,3)29-20-14-7-6-9-15-22-21-26(25-19-13-12-18-24(22)25)30(4,5)28-23-16-10-8-11-17-23;1-24(2,3)27-26(7,8)23-19-20(21-16-12-13-17-22(21)23)15-11-9-10-14-18-28-25(4,5)6;1-7-8-18-26-28(5,6)24-20-21(22-16-12-13-17-23(22)24)15-11-9-10-14-19-27-25(2,3)4;;;;;;;;;;;;;;;;/h8-12,15-18,24-27H,6-7,13-14,19-22H2,1-5H3;8,10-13,16-19,22,24-26H,6-7,9,14-15,20-21H2,1-5H3;12-13,16-17,20-23H,9-11,14-15,18-19H2,1-8H3;7,12-13,16-17,21-24H,1,8-11,14-15,18-20H2,2-6H3;4*1H3;8*1H;;;;/q8*-1;;;;;;;;;4*+2/p-8. The molecule has 133 heavy (non-hydrogen) atoms. The molecule has 2 aromatic carbocycles. The van der Waals surface area contributed by atoms with Crippen LogP contribution < -0.4 is 0 Å². The molecule has 10 rings (SSSR count). The number of rotatable bonds is 42. The Kier molecular flexibility index (Phi) is 74.6. The van der Waals surface area contributed by atoms with E-state index in [-0.39, 0.29) is 63.2 Å². The van der Waals surface area contributed by atoms with Crippen LogP contribution in [0.1, 0.15) is 277 Å². The fourth-order valence-electron chi connectivity index (χ4n) is 21.3. The predicted molar refractivity (Wildman–Crippen MR) is 592 cm³/mol. The van der Waals surface area contributed by atoms with Gasteiger partial charge >= 0.3 is 143 Å². The van der Waals surface area contributed by atoms with E-state index in [1.54, 1.807) is 0 Å². The van der Waals surface area contributed by atoms with Gasteiger partial charge in [0.15, 0.2) is 0 Å². The monoisotopic (exact) mass is 2180 g/mol. The van der Waals surface area contributed by atoms with Gasteiger partial charge in [-0.1, -0.05) is 374 Å². The van der Waals surface area contributed by atoms with Gasteiger partial charge in [-0.05, 0) is 232 Å². The normalized spacial score (nSPS) is 23.9. The van der Waals surface area contributed by atoms with Crippen molar-refractivity contribution in [1.29, 1.82) is 0 Å². The summed E-state index contributed by atoms with van der Waals surface area (Å²) in [6.45, 7) is 61.5. The van der Waals surface area contributed by atoms with E-state index in [0.29, 0.717) is 35.5 Å². The predicted octanol–water partition coefficient (Wildman–Crippen LogP) is 39.0. The van der Waals surface area contributed by atoms with Gasteiger partial charge in [-0.15, -0.1) is 29.9 Å². The second-order valence-corrected chi connectivity index (χ2v) is 67.5. The first-order valence-electron chi connectivity index (χ1n) is 49.2. The van der Waals surface area contributed by atoms with Crippen molar-refractivity contribution in [3.63, 3.8) is 0 Å². The molecule has 8 aliphatic rings. The molecule has 0 bridgehead atoms. The first-order valence-corrected chi connectivity index (χ1v) is 75.4. The third kappa shape index (κ3) is 57.4. The van der Waals surface area contributed by atoms with E-state index in [2.05, 4.69) is 321 Å². The summed E-state index contributed by atoms with van der Waals surface area (Å²) >= 11 is -2.22. The number of hydrogen-bond acceptors (Lipinski definition) is 4. The van der Waals surface area contributed by atoms with Crippen molar-refractivity contribution < 1.29 is 87.1 Å². The van der Waals surface area contributed by atoms with Crippen LogP contribution in [-0.4, -0.2) is 97.7 Å². The fourth-order valence-corrected chi connectivity index (χ4v) is 30.7. The zero-order chi connectivity index (χ0) is 96.4. The van der Waals surface area contributed by atoms with E-state index in [0.717, 1.165) is 104 Å². The Balaban J connectivity index is 0. The van der Waals surface area contributed by atoms with Crippen LogP contribution >= 0.6 is 74.4 Å². The second kappa shape index (κ2) is 72.7. The molecule has 0 amide bonds. The van der Waals surface area contributed by atoms with Gasteiger partial charge in [0.2, 0.25) is 0 Å². The minimum atomic E-state index is -1.72. The van der Waals surface area contributed by atoms with Crippen molar-refractivity contribution in [1.82, 2.24) is 0 Å². The molecule has 764 valence electrons. The van der Waals surface area contributed by atoms with Crippen LogP contribution in [-0.2, 0) is 93.5 Å². The molecule has 8 nitrogen and oxygen atoms in total. The molecule has 4 saturated carbocycles. The number of ether oxygens (including phenoxy) is 4. The van der Waals surface area contributed by atoms with Gasteiger partial charge in [0.25, 0.3) is 0 Å². The van der Waals surface area contributed by atoms with Gasteiger partial charge in [0.1, 0.15) is 0 Å². The summed E-state index contributed by atoms with van der Waals surface area (Å²) in [7, 11) is 34.2. The van der Waals surface area contributed by atoms with Crippen molar-refractivity contribution in [3.8, 4) is 0 Å². The molecule has 0 radical (unpaired) electrons.